The molecule has 0 unspecified atom stereocenters. The molecule has 1 atom stereocenters. The van der Waals surface area contributed by atoms with Gasteiger partial charge in [-0.2, -0.15) is 5.10 Å². The number of rotatable bonds is 5. The third kappa shape index (κ3) is 4.29. The maximum Gasteiger partial charge on any atom is 0.160 e. The van der Waals surface area contributed by atoms with Crippen LogP contribution in [0.5, 0.6) is 0 Å². The van der Waals surface area contributed by atoms with E-state index in [9.17, 15) is 4.39 Å². The highest BCUT2D eigenvalue weighted by Gasteiger charge is 2.23. The minimum Gasteiger partial charge on any atom is -0.482 e. The van der Waals surface area contributed by atoms with E-state index in [4.69, 9.17) is 33.7 Å². The molecule has 0 spiro atoms. The van der Waals surface area contributed by atoms with Gasteiger partial charge in [0.25, 0.3) is 0 Å². The predicted octanol–water partition coefficient (Wildman–Crippen LogP) is 4.15. The molecule has 2 aliphatic rings. The number of piperidine rings is 1. The van der Waals surface area contributed by atoms with Gasteiger partial charge in [0.2, 0.25) is 0 Å². The van der Waals surface area contributed by atoms with Gasteiger partial charge in [0, 0.05) is 28.9 Å². The molecule has 1 fully saturated rings. The number of dihydropyridines is 1. The van der Waals surface area contributed by atoms with E-state index in [0.29, 0.717) is 34.8 Å². The lowest BCUT2D eigenvalue weighted by Gasteiger charge is -2.24. The van der Waals surface area contributed by atoms with Crippen LogP contribution in [0.2, 0.25) is 10.0 Å². The summed E-state index contributed by atoms with van der Waals surface area (Å²) in [6.45, 7) is 4.32. The number of nitrogens with one attached hydrogen (secondary N) is 2. The van der Waals surface area contributed by atoms with Gasteiger partial charge in [0.05, 0.1) is 17.3 Å². The number of nitrogens with two attached hydrogens (primary N) is 1. The number of hydrogen-bond acceptors (Lipinski definition) is 5. The molecule has 4 rings (SSSR count). The first-order valence-corrected chi connectivity index (χ1v) is 10.7. The van der Waals surface area contributed by atoms with E-state index in [-0.39, 0.29) is 5.02 Å². The van der Waals surface area contributed by atoms with Crippen LogP contribution in [0.4, 0.5) is 4.39 Å². The van der Waals surface area contributed by atoms with E-state index >= 15 is 0 Å². The van der Waals surface area contributed by atoms with Gasteiger partial charge in [-0.15, -0.1) is 0 Å². The van der Waals surface area contributed by atoms with E-state index in [2.05, 4.69) is 21.9 Å². The summed E-state index contributed by atoms with van der Waals surface area (Å²) >= 11 is 12.3. The fraction of sp³-hybridized carbons (Fsp3) is 0.381. The highest BCUT2D eigenvalue weighted by atomic mass is 35.5. The van der Waals surface area contributed by atoms with Crippen LogP contribution in [-0.2, 0) is 4.74 Å². The standard InChI is InChI=1S/C21H24Cl2FN5O/c1-12(19-16(22)2-3-17(24)20(19)23)30-18-8-13(9-27-21(18)25)14-10-28-29(11-14)15-4-6-26-7-5-15/h2-3,8,10-12,15,26-27H,4-7,9,25H2,1H3/t12-/m0/s1. The summed E-state index contributed by atoms with van der Waals surface area (Å²) in [5, 5.41) is 11.4. The van der Waals surface area contributed by atoms with E-state index < -0.39 is 11.9 Å². The van der Waals surface area contributed by atoms with Crippen LogP contribution in [0.25, 0.3) is 5.57 Å². The predicted molar refractivity (Wildman–Crippen MR) is 116 cm³/mol. The Morgan fingerprint density at radius 3 is 2.83 bits per heavy atom. The third-order valence-electron chi connectivity index (χ3n) is 5.48. The number of halogens is 3. The van der Waals surface area contributed by atoms with E-state index in [1.165, 1.54) is 12.1 Å². The molecule has 9 heteroatoms. The van der Waals surface area contributed by atoms with Crippen LogP contribution in [-0.4, -0.2) is 29.4 Å². The summed E-state index contributed by atoms with van der Waals surface area (Å²) in [6.07, 6.45) is 7.33. The lowest BCUT2D eigenvalue weighted by atomic mass is 10.1. The molecular formula is C21H24Cl2FN5O. The summed E-state index contributed by atoms with van der Waals surface area (Å²) in [6, 6.07) is 3.10. The molecule has 1 aromatic heterocycles. The van der Waals surface area contributed by atoms with Crippen molar-refractivity contribution in [3.05, 3.63) is 69.2 Å². The van der Waals surface area contributed by atoms with Gasteiger partial charge >= 0.3 is 0 Å². The molecule has 0 radical (unpaired) electrons. The number of nitrogens with zero attached hydrogens (tertiary/aromatic N) is 2. The molecule has 3 heterocycles. The van der Waals surface area contributed by atoms with E-state index in [1.54, 1.807) is 6.92 Å². The first-order chi connectivity index (χ1) is 14.4. The molecule has 4 N–H and O–H groups in total. The molecule has 2 aromatic rings. The Balaban J connectivity index is 1.55. The summed E-state index contributed by atoms with van der Waals surface area (Å²) in [4.78, 5) is 0. The van der Waals surface area contributed by atoms with Crippen LogP contribution >= 0.6 is 23.2 Å². The molecule has 1 aromatic carbocycles. The molecule has 160 valence electrons. The highest BCUT2D eigenvalue weighted by Crippen LogP contribution is 2.36. The van der Waals surface area contributed by atoms with Crippen molar-refractivity contribution in [3.8, 4) is 0 Å². The second-order valence-corrected chi connectivity index (χ2v) is 8.29. The number of allylic oxidation sites excluding steroid dienone is 1. The second kappa shape index (κ2) is 8.88. The van der Waals surface area contributed by atoms with Crippen LogP contribution in [0, 0.1) is 5.82 Å². The molecule has 6 nitrogen and oxygen atoms in total. The Labute approximate surface area is 184 Å². The second-order valence-electron chi connectivity index (χ2n) is 7.51. The Hall–Kier alpha value is -2.22. The van der Waals surface area contributed by atoms with Gasteiger partial charge in [-0.25, -0.2) is 4.39 Å². The first kappa shape index (κ1) is 21.0. The molecule has 0 saturated carbocycles. The zero-order chi connectivity index (χ0) is 21.3. The summed E-state index contributed by atoms with van der Waals surface area (Å²) in [5.41, 5.74) is 8.50. The largest absolute Gasteiger partial charge is 0.482 e. The van der Waals surface area contributed by atoms with Crippen LogP contribution in [0.15, 0.2) is 42.2 Å². The van der Waals surface area contributed by atoms with Crippen molar-refractivity contribution in [2.75, 3.05) is 19.6 Å². The molecule has 30 heavy (non-hydrogen) atoms. The maximum absolute atomic E-state index is 13.9. The molecular weight excluding hydrogens is 428 g/mol. The Bertz CT molecular complexity index is 997. The number of aromatic nitrogens is 2. The molecule has 0 aliphatic carbocycles. The average Bonchev–Trinajstić information content (AvgIpc) is 3.24. The Morgan fingerprint density at radius 1 is 1.30 bits per heavy atom. The third-order valence-corrected chi connectivity index (χ3v) is 6.20. The van der Waals surface area contributed by atoms with Crippen molar-refractivity contribution in [3.63, 3.8) is 0 Å². The van der Waals surface area contributed by atoms with Crippen LogP contribution < -0.4 is 16.4 Å². The monoisotopic (exact) mass is 451 g/mol. The zero-order valence-corrected chi connectivity index (χ0v) is 18.1. The highest BCUT2D eigenvalue weighted by molar-refractivity contribution is 6.36. The molecule has 0 bridgehead atoms. The van der Waals surface area contributed by atoms with Gasteiger partial charge in [0.15, 0.2) is 5.76 Å². The lowest BCUT2D eigenvalue weighted by Crippen LogP contribution is -2.29. The van der Waals surface area contributed by atoms with Crippen LogP contribution in [0.1, 0.15) is 43.0 Å². The van der Waals surface area contributed by atoms with Gasteiger partial charge < -0.3 is 21.1 Å². The summed E-state index contributed by atoms with van der Waals surface area (Å²) in [7, 11) is 0. The van der Waals surface area contributed by atoms with Gasteiger partial charge in [-0.1, -0.05) is 23.2 Å². The fourth-order valence-electron chi connectivity index (χ4n) is 3.79. The van der Waals surface area contributed by atoms with Crippen molar-refractivity contribution >= 4 is 28.8 Å². The van der Waals surface area contributed by atoms with Gasteiger partial charge in [0.1, 0.15) is 17.7 Å². The number of ether oxygens (including phenoxy) is 1. The summed E-state index contributed by atoms with van der Waals surface area (Å²) < 4.78 is 22.0. The van der Waals surface area contributed by atoms with Crippen molar-refractivity contribution in [2.24, 2.45) is 5.73 Å². The van der Waals surface area contributed by atoms with E-state index in [1.807, 2.05) is 17.0 Å². The van der Waals surface area contributed by atoms with Crippen molar-refractivity contribution in [2.45, 2.75) is 31.9 Å². The van der Waals surface area contributed by atoms with E-state index in [0.717, 1.165) is 37.1 Å². The SMILES string of the molecule is C[C@H](OC1=C(N)NCC(c2cnn(C3CCNCC3)c2)=C1)c1c(Cl)ccc(F)c1Cl. The Morgan fingerprint density at radius 2 is 2.07 bits per heavy atom. The minimum absolute atomic E-state index is 0.0506. The van der Waals surface area contributed by atoms with Gasteiger partial charge in [-0.05, 0) is 56.6 Å². The topological polar surface area (TPSA) is 77.1 Å². The maximum atomic E-state index is 13.9. The average molecular weight is 452 g/mol. The molecule has 0 amide bonds. The van der Waals surface area contributed by atoms with Gasteiger partial charge in [-0.3, -0.25) is 4.68 Å². The molecule has 1 saturated heterocycles. The smallest absolute Gasteiger partial charge is 0.160 e. The van der Waals surface area contributed by atoms with Crippen molar-refractivity contribution in [1.82, 2.24) is 20.4 Å². The lowest BCUT2D eigenvalue weighted by molar-refractivity contribution is 0.138. The minimum atomic E-state index is -0.593. The molecule has 2 aliphatic heterocycles. The normalized spacial score (nSPS) is 18.7. The van der Waals surface area contributed by atoms with Crippen molar-refractivity contribution in [1.29, 1.82) is 0 Å². The van der Waals surface area contributed by atoms with Crippen molar-refractivity contribution < 1.29 is 9.13 Å². The summed E-state index contributed by atoms with van der Waals surface area (Å²) in [5.74, 6) is 0.312. The van der Waals surface area contributed by atoms with Crippen LogP contribution in [0.3, 0.4) is 0 Å². The number of benzene rings is 1. The number of hydrogen-bond donors (Lipinski definition) is 3. The Kier molecular flexibility index (Phi) is 6.22. The fourth-order valence-corrected chi connectivity index (χ4v) is 4.46. The first-order valence-electron chi connectivity index (χ1n) is 9.93. The quantitative estimate of drug-likeness (QED) is 0.595. The zero-order valence-electron chi connectivity index (χ0n) is 16.6.